The summed E-state index contributed by atoms with van der Waals surface area (Å²) in [5.41, 5.74) is -0.0750. The van der Waals surface area contributed by atoms with Crippen LogP contribution in [0.1, 0.15) is 0 Å². The minimum atomic E-state index is -0.494. The average Bonchev–Trinajstić information content (AvgIpc) is 2.32. The van der Waals surface area contributed by atoms with E-state index in [0.29, 0.717) is 13.1 Å². The van der Waals surface area contributed by atoms with E-state index < -0.39 is 11.0 Å². The molecule has 1 aliphatic rings. The summed E-state index contributed by atoms with van der Waals surface area (Å²) >= 11 is 0. The quantitative estimate of drug-likeness (QED) is 0.632. The van der Waals surface area contributed by atoms with Crippen LogP contribution in [0.3, 0.4) is 0 Å². The van der Waals surface area contributed by atoms with Gasteiger partial charge in [0.2, 0.25) is 5.82 Å². The highest BCUT2D eigenvalue weighted by Crippen LogP contribution is 2.23. The van der Waals surface area contributed by atoms with E-state index in [0.717, 1.165) is 0 Å². The number of nitrogens with zero attached hydrogens (tertiary/aromatic N) is 3. The molecular formula is C10H12N4O4. The van der Waals surface area contributed by atoms with Crippen molar-refractivity contribution in [2.24, 2.45) is 0 Å². The van der Waals surface area contributed by atoms with Crippen LogP contribution in [-0.4, -0.2) is 47.1 Å². The van der Waals surface area contributed by atoms with Crippen molar-refractivity contribution in [2.45, 2.75) is 6.04 Å². The second-order valence-corrected chi connectivity index (χ2v) is 3.84. The summed E-state index contributed by atoms with van der Waals surface area (Å²) < 4.78 is 4.55. The molecule has 0 unspecified atom stereocenters. The largest absolute Gasteiger partial charge is 0.453 e. The number of hydrogen-bond acceptors (Lipinski definition) is 6. The second kappa shape index (κ2) is 4.86. The van der Waals surface area contributed by atoms with E-state index in [1.54, 1.807) is 0 Å². The van der Waals surface area contributed by atoms with Crippen molar-refractivity contribution in [3.63, 3.8) is 0 Å². The van der Waals surface area contributed by atoms with Gasteiger partial charge < -0.3 is 15.0 Å². The first-order valence-corrected chi connectivity index (χ1v) is 5.30. The predicted molar refractivity (Wildman–Crippen MR) is 62.3 cm³/mol. The molecule has 8 nitrogen and oxygen atoms in total. The first-order valence-electron chi connectivity index (χ1n) is 5.30. The smallest absolute Gasteiger partial charge is 0.409 e. The molecule has 0 spiro atoms. The zero-order chi connectivity index (χ0) is 13.1. The normalized spacial score (nSPS) is 14.8. The van der Waals surface area contributed by atoms with E-state index in [9.17, 15) is 14.9 Å². The van der Waals surface area contributed by atoms with Gasteiger partial charge in [-0.2, -0.15) is 0 Å². The molecule has 1 aromatic heterocycles. The first kappa shape index (κ1) is 12.1. The third-order valence-corrected chi connectivity index (χ3v) is 2.64. The van der Waals surface area contributed by atoms with Gasteiger partial charge in [0, 0.05) is 25.4 Å². The Bertz CT molecular complexity index is 473. The van der Waals surface area contributed by atoms with Gasteiger partial charge in [0.25, 0.3) is 0 Å². The molecule has 18 heavy (non-hydrogen) atoms. The van der Waals surface area contributed by atoms with Gasteiger partial charge in [0.05, 0.1) is 18.1 Å². The van der Waals surface area contributed by atoms with Crippen molar-refractivity contribution in [3.8, 4) is 0 Å². The van der Waals surface area contributed by atoms with Crippen molar-refractivity contribution < 1.29 is 14.5 Å². The Labute approximate surface area is 103 Å². The van der Waals surface area contributed by atoms with Gasteiger partial charge in [-0.05, 0) is 6.07 Å². The number of amides is 1. The van der Waals surface area contributed by atoms with E-state index in [1.165, 1.54) is 30.3 Å². The van der Waals surface area contributed by atoms with Crippen LogP contribution >= 0.6 is 0 Å². The second-order valence-electron chi connectivity index (χ2n) is 3.84. The Morgan fingerprint density at radius 3 is 3.00 bits per heavy atom. The van der Waals surface area contributed by atoms with Gasteiger partial charge in [0.15, 0.2) is 0 Å². The highest BCUT2D eigenvalue weighted by atomic mass is 16.6. The molecule has 2 rings (SSSR count). The van der Waals surface area contributed by atoms with Gasteiger partial charge >= 0.3 is 11.8 Å². The molecule has 1 aromatic rings. The lowest BCUT2D eigenvalue weighted by molar-refractivity contribution is -0.384. The SMILES string of the molecule is COC(=O)N1CC(Nc2ncccc2[N+](=O)[O-])C1. The Morgan fingerprint density at radius 1 is 1.67 bits per heavy atom. The minimum Gasteiger partial charge on any atom is -0.453 e. The number of likely N-dealkylation sites (tertiary alicyclic amines) is 1. The molecular weight excluding hydrogens is 240 g/mol. The van der Waals surface area contributed by atoms with Crippen LogP contribution in [0.25, 0.3) is 0 Å². The summed E-state index contributed by atoms with van der Waals surface area (Å²) in [6, 6.07) is 2.84. The number of nitro groups is 1. The highest BCUT2D eigenvalue weighted by Gasteiger charge is 2.32. The molecule has 96 valence electrons. The number of aromatic nitrogens is 1. The number of methoxy groups -OCH3 is 1. The fourth-order valence-electron chi connectivity index (χ4n) is 1.70. The lowest BCUT2D eigenvalue weighted by Crippen LogP contribution is -2.57. The molecule has 1 fully saturated rings. The lowest BCUT2D eigenvalue weighted by Gasteiger charge is -2.38. The number of anilines is 1. The van der Waals surface area contributed by atoms with Crippen molar-refractivity contribution in [1.29, 1.82) is 0 Å². The molecule has 8 heteroatoms. The maximum absolute atomic E-state index is 11.1. The number of carbonyl (C=O) groups excluding carboxylic acids is 1. The summed E-state index contributed by atoms with van der Waals surface area (Å²) in [7, 11) is 1.31. The molecule has 1 N–H and O–H groups in total. The summed E-state index contributed by atoms with van der Waals surface area (Å²) in [6.45, 7) is 0.890. The summed E-state index contributed by atoms with van der Waals surface area (Å²) in [5, 5.41) is 13.7. The fourth-order valence-corrected chi connectivity index (χ4v) is 1.70. The Hall–Kier alpha value is -2.38. The Kier molecular flexibility index (Phi) is 3.26. The maximum atomic E-state index is 11.1. The minimum absolute atomic E-state index is 0.0438. The number of pyridine rings is 1. The van der Waals surface area contributed by atoms with E-state index in [1.807, 2.05) is 0 Å². The number of ether oxygens (including phenoxy) is 1. The van der Waals surface area contributed by atoms with E-state index in [-0.39, 0.29) is 17.5 Å². The number of carbonyl (C=O) groups is 1. The summed E-state index contributed by atoms with van der Waals surface area (Å²) in [6.07, 6.45) is 1.08. The number of hydrogen-bond donors (Lipinski definition) is 1. The van der Waals surface area contributed by atoms with Gasteiger partial charge in [-0.3, -0.25) is 10.1 Å². The van der Waals surface area contributed by atoms with Crippen LogP contribution in [0.15, 0.2) is 18.3 Å². The van der Waals surface area contributed by atoms with Gasteiger partial charge in [-0.25, -0.2) is 9.78 Å². The molecule has 2 heterocycles. The van der Waals surface area contributed by atoms with Crippen molar-refractivity contribution in [2.75, 3.05) is 25.5 Å². The topological polar surface area (TPSA) is 97.6 Å². The van der Waals surface area contributed by atoms with Crippen molar-refractivity contribution in [3.05, 3.63) is 28.4 Å². The van der Waals surface area contributed by atoms with Gasteiger partial charge in [0.1, 0.15) is 0 Å². The average molecular weight is 252 g/mol. The van der Waals surface area contributed by atoms with Crippen molar-refractivity contribution >= 4 is 17.6 Å². The van der Waals surface area contributed by atoms with Crippen LogP contribution in [0.2, 0.25) is 0 Å². The molecule has 0 aromatic carbocycles. The molecule has 0 radical (unpaired) electrons. The van der Waals surface area contributed by atoms with Crippen LogP contribution in [-0.2, 0) is 4.74 Å². The van der Waals surface area contributed by atoms with Gasteiger partial charge in [-0.1, -0.05) is 0 Å². The Balaban J connectivity index is 1.96. The molecule has 0 saturated carbocycles. The van der Waals surface area contributed by atoms with E-state index in [2.05, 4.69) is 15.0 Å². The summed E-state index contributed by atoms with van der Waals surface area (Å²) in [5.74, 6) is 0.219. The van der Waals surface area contributed by atoms with Crippen LogP contribution in [0, 0.1) is 10.1 Å². The molecule has 0 aliphatic carbocycles. The summed E-state index contributed by atoms with van der Waals surface area (Å²) in [4.78, 5) is 26.8. The third-order valence-electron chi connectivity index (χ3n) is 2.64. The molecule has 0 bridgehead atoms. The molecule has 1 amide bonds. The van der Waals surface area contributed by atoms with Crippen LogP contribution in [0.4, 0.5) is 16.3 Å². The standard InChI is InChI=1S/C10H12N4O4/c1-18-10(15)13-5-7(6-13)12-9-8(14(16)17)3-2-4-11-9/h2-4,7H,5-6H2,1H3,(H,11,12). The van der Waals surface area contributed by atoms with E-state index in [4.69, 9.17) is 0 Å². The fraction of sp³-hybridized carbons (Fsp3) is 0.400. The number of nitrogens with one attached hydrogen (secondary N) is 1. The number of rotatable bonds is 3. The lowest BCUT2D eigenvalue weighted by atomic mass is 10.1. The van der Waals surface area contributed by atoms with Crippen molar-refractivity contribution in [1.82, 2.24) is 9.88 Å². The monoisotopic (exact) mass is 252 g/mol. The molecule has 1 saturated heterocycles. The maximum Gasteiger partial charge on any atom is 0.409 e. The zero-order valence-electron chi connectivity index (χ0n) is 9.70. The zero-order valence-corrected chi connectivity index (χ0v) is 9.70. The Morgan fingerprint density at radius 2 is 2.39 bits per heavy atom. The van der Waals surface area contributed by atoms with Gasteiger partial charge in [-0.15, -0.1) is 0 Å². The van der Waals surface area contributed by atoms with E-state index >= 15 is 0 Å². The predicted octanol–water partition coefficient (Wildman–Crippen LogP) is 0.852. The van der Waals surface area contributed by atoms with Crippen LogP contribution < -0.4 is 5.32 Å². The molecule has 0 atom stereocenters. The third kappa shape index (κ3) is 2.31. The van der Waals surface area contributed by atoms with Crippen LogP contribution in [0.5, 0.6) is 0 Å². The first-order chi connectivity index (χ1) is 8.61. The highest BCUT2D eigenvalue weighted by molar-refractivity contribution is 5.69. The molecule has 1 aliphatic heterocycles.